The molecule has 2 fully saturated rings. The number of hydrogen-bond donors (Lipinski definition) is 2. The number of benzene rings is 2. The van der Waals surface area contributed by atoms with Crippen LogP contribution in [0.3, 0.4) is 0 Å². The quantitative estimate of drug-likeness (QED) is 0.105. The number of anilines is 1. The minimum Gasteiger partial charge on any atom is -0.465 e. The zero-order chi connectivity index (χ0) is 35.8. The fraction of sp³-hybridized carbons (Fsp3) is 0.375. The first-order chi connectivity index (χ1) is 24.5. The van der Waals surface area contributed by atoms with Gasteiger partial charge in [-0.3, -0.25) is 14.4 Å². The Morgan fingerprint density at radius 1 is 1.02 bits per heavy atom. The molecule has 268 valence electrons. The molecule has 19 heteroatoms. The van der Waals surface area contributed by atoms with E-state index in [0.717, 1.165) is 11.1 Å². The number of halogens is 1. The second kappa shape index (κ2) is 14.4. The van der Waals surface area contributed by atoms with Crippen molar-refractivity contribution in [2.75, 3.05) is 11.9 Å². The van der Waals surface area contributed by atoms with Gasteiger partial charge in [-0.15, -0.1) is 10.2 Å². The van der Waals surface area contributed by atoms with Crippen LogP contribution in [-0.2, 0) is 45.8 Å². The fourth-order valence-electron chi connectivity index (χ4n) is 5.83. The Kier molecular flexibility index (Phi) is 9.88. The van der Waals surface area contributed by atoms with Crippen LogP contribution in [-0.4, -0.2) is 71.6 Å². The predicted octanol–water partition coefficient (Wildman–Crippen LogP) is 6.02. The van der Waals surface area contributed by atoms with Crippen molar-refractivity contribution in [2.45, 2.75) is 70.2 Å². The molecule has 2 aliphatic rings. The number of amides is 1. The first-order valence-corrected chi connectivity index (χ1v) is 17.8. The third kappa shape index (κ3) is 7.66. The van der Waals surface area contributed by atoms with Crippen LogP contribution in [0.5, 0.6) is 0 Å². The van der Waals surface area contributed by atoms with E-state index in [1.165, 1.54) is 6.33 Å². The molecule has 2 N–H and O–H groups in total. The largest absolute Gasteiger partial charge is 0.465 e. The van der Waals surface area contributed by atoms with E-state index in [1.54, 1.807) is 25.3 Å². The second-order valence-electron chi connectivity index (χ2n) is 12.1. The summed E-state index contributed by atoms with van der Waals surface area (Å²) in [6.45, 7) is 4.77. The molecule has 3 aromatic heterocycles. The maximum atomic E-state index is 14.9. The lowest BCUT2D eigenvalue weighted by molar-refractivity contribution is -0.202. The Labute approximate surface area is 295 Å². The molecule has 17 nitrogen and oxygen atoms in total. The number of aryl methyl sites for hydroxylation is 1. The summed E-state index contributed by atoms with van der Waals surface area (Å²) < 4.78 is 59.7. The van der Waals surface area contributed by atoms with Gasteiger partial charge in [-0.1, -0.05) is 60.7 Å². The summed E-state index contributed by atoms with van der Waals surface area (Å²) >= 11 is 6.16. The standard InChI is InChI=1S/C32H33ClN7O10P/c1-18-38-39-27(47-18)29(51(43,45-14-19-10-6-4-7-11-19)46-15-20-12-8-5-9-13-20)44-16-21-23-24(50-32(2,3)49-23)28(48-21)40-17-34-22-25(36-31(41)42)35-30(33)37-26(22)40/h4-13,17,21,23-24,28-29H,14-16H2,1-3H3,(H,41,42)(H,35,36,37)/t21-,23-,24-,28-,29?/m1/s1. The van der Waals surface area contributed by atoms with Crippen molar-refractivity contribution < 1.29 is 46.9 Å². The van der Waals surface area contributed by atoms with Gasteiger partial charge in [0, 0.05) is 6.92 Å². The molecule has 0 aliphatic carbocycles. The van der Waals surface area contributed by atoms with Crippen LogP contribution in [0.15, 0.2) is 71.4 Å². The maximum Gasteiger partial charge on any atom is 0.410 e. The van der Waals surface area contributed by atoms with Crippen molar-refractivity contribution in [1.29, 1.82) is 0 Å². The molecule has 1 unspecified atom stereocenters. The number of aromatic nitrogens is 6. The molecule has 7 rings (SSSR count). The van der Waals surface area contributed by atoms with Gasteiger partial charge in [0.2, 0.25) is 17.0 Å². The summed E-state index contributed by atoms with van der Waals surface area (Å²) in [4.78, 5) is 24.0. The summed E-state index contributed by atoms with van der Waals surface area (Å²) in [7, 11) is -4.25. The first kappa shape index (κ1) is 35.1. The molecule has 2 aromatic carbocycles. The topological polar surface area (TPSA) is 204 Å². The molecule has 0 saturated carbocycles. The highest BCUT2D eigenvalue weighted by Gasteiger charge is 2.57. The van der Waals surface area contributed by atoms with Crippen LogP contribution >= 0.6 is 19.2 Å². The highest BCUT2D eigenvalue weighted by Crippen LogP contribution is 2.62. The third-order valence-electron chi connectivity index (χ3n) is 7.99. The van der Waals surface area contributed by atoms with Gasteiger partial charge in [0.05, 0.1) is 26.1 Å². The fourth-order valence-corrected chi connectivity index (χ4v) is 7.64. The Morgan fingerprint density at radius 2 is 1.67 bits per heavy atom. The molecule has 2 aliphatic heterocycles. The Bertz CT molecular complexity index is 2000. The van der Waals surface area contributed by atoms with Gasteiger partial charge in [-0.25, -0.2) is 9.78 Å². The lowest BCUT2D eigenvalue weighted by atomic mass is 10.1. The number of carboxylic acid groups (broad SMARTS) is 1. The van der Waals surface area contributed by atoms with E-state index in [4.69, 9.17) is 44.0 Å². The number of nitrogens with one attached hydrogen (secondary N) is 1. The number of ether oxygens (including phenoxy) is 4. The monoisotopic (exact) mass is 741 g/mol. The van der Waals surface area contributed by atoms with Gasteiger partial charge in [0.1, 0.15) is 18.3 Å². The van der Waals surface area contributed by atoms with E-state index in [0.29, 0.717) is 0 Å². The van der Waals surface area contributed by atoms with Crippen LogP contribution in [0.1, 0.15) is 48.8 Å². The van der Waals surface area contributed by atoms with Crippen molar-refractivity contribution in [3.63, 3.8) is 0 Å². The van der Waals surface area contributed by atoms with E-state index in [1.807, 2.05) is 60.7 Å². The lowest BCUT2D eigenvalue weighted by Gasteiger charge is -2.28. The molecule has 2 saturated heterocycles. The minimum atomic E-state index is -4.25. The molecular weight excluding hydrogens is 709 g/mol. The summed E-state index contributed by atoms with van der Waals surface area (Å²) in [5, 5.41) is 19.3. The smallest absolute Gasteiger partial charge is 0.410 e. The van der Waals surface area contributed by atoms with Gasteiger partial charge in [0.15, 0.2) is 29.0 Å². The number of fused-ring (bicyclic) bond motifs is 2. The molecule has 5 heterocycles. The van der Waals surface area contributed by atoms with Crippen LogP contribution in [0.2, 0.25) is 5.28 Å². The number of imidazole rings is 1. The summed E-state index contributed by atoms with van der Waals surface area (Å²) in [6.07, 6.45) is -3.07. The molecule has 51 heavy (non-hydrogen) atoms. The number of nitrogens with zero attached hydrogens (tertiary/aromatic N) is 6. The van der Waals surface area contributed by atoms with Crippen molar-refractivity contribution in [3.8, 4) is 0 Å². The normalized spacial score (nSPS) is 21.9. The molecule has 5 atom stereocenters. The van der Waals surface area contributed by atoms with Gasteiger partial charge >= 0.3 is 13.7 Å². The molecule has 5 aromatic rings. The Morgan fingerprint density at radius 3 is 2.27 bits per heavy atom. The summed E-state index contributed by atoms with van der Waals surface area (Å²) in [5.74, 6) is -2.49. The molecular formula is C32H33ClN7O10P. The predicted molar refractivity (Wildman–Crippen MR) is 178 cm³/mol. The van der Waals surface area contributed by atoms with E-state index in [9.17, 15) is 14.5 Å². The van der Waals surface area contributed by atoms with E-state index in [-0.39, 0.29) is 53.9 Å². The maximum absolute atomic E-state index is 14.9. The highest BCUT2D eigenvalue weighted by molar-refractivity contribution is 7.54. The SMILES string of the molecule is Cc1nnc(C(OC[C@H]2O[C@@H](n3cnc4c(NC(=O)O)nc(Cl)nc43)[C@@H]3OC(C)(C)O[C@@H]32)P(=O)(OCc2ccccc2)OCc2ccccc2)o1. The minimum absolute atomic E-state index is 0.0609. The number of carbonyl (C=O) groups is 1. The Balaban J connectivity index is 1.19. The van der Waals surface area contributed by atoms with Gasteiger partial charge in [-0.2, -0.15) is 9.97 Å². The molecule has 0 spiro atoms. The average molecular weight is 742 g/mol. The summed E-state index contributed by atoms with van der Waals surface area (Å²) in [6, 6.07) is 18.4. The van der Waals surface area contributed by atoms with Crippen LogP contribution in [0.4, 0.5) is 10.6 Å². The lowest BCUT2D eigenvalue weighted by Crippen LogP contribution is -2.33. The van der Waals surface area contributed by atoms with Crippen molar-refractivity contribution >= 4 is 42.3 Å². The number of rotatable bonds is 13. The van der Waals surface area contributed by atoms with Crippen LogP contribution in [0, 0.1) is 6.92 Å². The van der Waals surface area contributed by atoms with Gasteiger partial charge in [0.25, 0.3) is 5.89 Å². The first-order valence-electron chi connectivity index (χ1n) is 15.8. The molecule has 0 radical (unpaired) electrons. The van der Waals surface area contributed by atoms with Crippen molar-refractivity contribution in [2.24, 2.45) is 0 Å². The average Bonchev–Trinajstić information content (AvgIpc) is 3.87. The summed E-state index contributed by atoms with van der Waals surface area (Å²) in [5.41, 5.74) is 1.83. The highest BCUT2D eigenvalue weighted by atomic mass is 35.5. The van der Waals surface area contributed by atoms with E-state index < -0.39 is 49.9 Å². The molecule has 1 amide bonds. The number of hydrogen-bond acceptors (Lipinski definition) is 14. The van der Waals surface area contributed by atoms with Gasteiger partial charge < -0.3 is 37.5 Å². The molecule has 0 bridgehead atoms. The van der Waals surface area contributed by atoms with Crippen molar-refractivity contribution in [1.82, 2.24) is 29.7 Å². The van der Waals surface area contributed by atoms with Crippen LogP contribution < -0.4 is 5.32 Å². The van der Waals surface area contributed by atoms with Gasteiger partial charge in [-0.05, 0) is 36.6 Å². The Hall–Kier alpha value is -4.32. The zero-order valence-electron chi connectivity index (χ0n) is 27.5. The van der Waals surface area contributed by atoms with E-state index in [2.05, 4.69) is 30.5 Å². The van der Waals surface area contributed by atoms with Crippen molar-refractivity contribution in [3.05, 3.63) is 95.2 Å². The second-order valence-corrected chi connectivity index (χ2v) is 14.5. The zero-order valence-corrected chi connectivity index (χ0v) is 29.1. The third-order valence-corrected chi connectivity index (χ3v) is 10.1. The van der Waals surface area contributed by atoms with Crippen LogP contribution in [0.25, 0.3) is 11.2 Å². The van der Waals surface area contributed by atoms with E-state index >= 15 is 0 Å².